The summed E-state index contributed by atoms with van der Waals surface area (Å²) >= 11 is 12.2. The van der Waals surface area contributed by atoms with E-state index in [-0.39, 0.29) is 12.2 Å². The van der Waals surface area contributed by atoms with Crippen molar-refractivity contribution in [3.8, 4) is 5.75 Å². The van der Waals surface area contributed by atoms with Crippen molar-refractivity contribution >= 4 is 39.9 Å². The molecule has 26 heavy (non-hydrogen) atoms. The maximum atomic E-state index is 12.7. The summed E-state index contributed by atoms with van der Waals surface area (Å²) in [6.07, 6.45) is 0. The molecule has 0 unspecified atom stereocenters. The molecule has 0 fully saturated rings. The molecule has 0 aliphatic heterocycles. The Kier molecular flexibility index (Phi) is 4.30. The fourth-order valence-corrected chi connectivity index (χ4v) is 3.28. The summed E-state index contributed by atoms with van der Waals surface area (Å²) in [6.45, 7) is 2.52. The summed E-state index contributed by atoms with van der Waals surface area (Å²) in [4.78, 5) is 12.7. The first-order chi connectivity index (χ1) is 12.6. The lowest BCUT2D eigenvalue weighted by Crippen LogP contribution is -2.22. The highest BCUT2D eigenvalue weighted by atomic mass is 35.5. The third-order valence-electron chi connectivity index (χ3n) is 4.16. The Labute approximate surface area is 158 Å². The number of aryl methyl sites for hydroxylation is 1. The predicted molar refractivity (Wildman–Crippen MR) is 101 cm³/mol. The van der Waals surface area contributed by atoms with Crippen molar-refractivity contribution in [1.82, 2.24) is 19.2 Å². The maximum absolute atomic E-state index is 12.7. The maximum Gasteiger partial charge on any atom is 0.262 e. The molecular weight excluding hydrogens is 375 g/mol. The quantitative estimate of drug-likeness (QED) is 0.530. The molecule has 0 bridgehead atoms. The molecule has 0 spiro atoms. The van der Waals surface area contributed by atoms with Gasteiger partial charge in [-0.1, -0.05) is 41.4 Å². The van der Waals surface area contributed by atoms with E-state index in [9.17, 15) is 4.79 Å². The Morgan fingerprint density at radius 3 is 2.69 bits per heavy atom. The normalized spacial score (nSPS) is 11.3. The Morgan fingerprint density at radius 2 is 1.88 bits per heavy atom. The largest absolute Gasteiger partial charge is 0.484 e. The lowest BCUT2D eigenvalue weighted by Gasteiger charge is -2.11. The van der Waals surface area contributed by atoms with Gasteiger partial charge in [0.15, 0.2) is 5.82 Å². The summed E-state index contributed by atoms with van der Waals surface area (Å²) in [5.74, 6) is 1.51. The van der Waals surface area contributed by atoms with Crippen LogP contribution in [0.15, 0.2) is 47.3 Å². The van der Waals surface area contributed by atoms with Gasteiger partial charge in [0.05, 0.1) is 15.9 Å². The summed E-state index contributed by atoms with van der Waals surface area (Å²) in [7, 11) is 0. The van der Waals surface area contributed by atoms with Gasteiger partial charge in [0.25, 0.3) is 5.56 Å². The molecule has 2 aromatic heterocycles. The van der Waals surface area contributed by atoms with Crippen LogP contribution in [0.25, 0.3) is 16.7 Å². The number of para-hydroxylation sites is 1. The molecule has 0 saturated carbocycles. The van der Waals surface area contributed by atoms with E-state index in [2.05, 4.69) is 10.2 Å². The molecule has 0 N–H and O–H groups in total. The average molecular weight is 389 g/mol. The lowest BCUT2D eigenvalue weighted by atomic mass is 10.2. The van der Waals surface area contributed by atoms with Gasteiger partial charge in [-0.3, -0.25) is 13.8 Å². The molecule has 4 aromatic rings. The summed E-state index contributed by atoms with van der Waals surface area (Å²) < 4.78 is 9.22. The Balaban J connectivity index is 1.85. The van der Waals surface area contributed by atoms with Gasteiger partial charge >= 0.3 is 0 Å². The van der Waals surface area contributed by atoms with Crippen molar-refractivity contribution in [2.24, 2.45) is 0 Å². The predicted octanol–water partition coefficient (Wildman–Crippen LogP) is 3.95. The van der Waals surface area contributed by atoms with Gasteiger partial charge in [-0.05, 0) is 31.2 Å². The Morgan fingerprint density at radius 1 is 1.08 bits per heavy atom. The van der Waals surface area contributed by atoms with Crippen molar-refractivity contribution in [3.63, 3.8) is 0 Å². The molecule has 6 nitrogen and oxygen atoms in total. The molecule has 8 heteroatoms. The highest BCUT2D eigenvalue weighted by Crippen LogP contribution is 2.32. The monoisotopic (exact) mass is 388 g/mol. The van der Waals surface area contributed by atoms with E-state index in [0.717, 1.165) is 5.52 Å². The molecule has 0 saturated heterocycles. The molecule has 4 rings (SSSR count). The Hall–Kier alpha value is -2.57. The fraction of sp³-hybridized carbons (Fsp3) is 0.167. The van der Waals surface area contributed by atoms with Crippen molar-refractivity contribution in [2.45, 2.75) is 20.1 Å². The van der Waals surface area contributed by atoms with Gasteiger partial charge < -0.3 is 4.74 Å². The number of nitrogens with zero attached hydrogens (tertiary/aromatic N) is 4. The van der Waals surface area contributed by atoms with Crippen molar-refractivity contribution in [2.75, 3.05) is 0 Å². The zero-order chi connectivity index (χ0) is 18.3. The number of ether oxygens (including phenoxy) is 1. The highest BCUT2D eigenvalue weighted by molar-refractivity contribution is 6.42. The molecule has 2 heterocycles. The molecule has 0 amide bonds. The SMILES string of the molecule is CCn1c(=O)c2ccccc2n2c(COc3cccc(Cl)c3Cl)nnc12. The first-order valence-corrected chi connectivity index (χ1v) is 8.79. The van der Waals surface area contributed by atoms with Gasteiger partial charge in [0.1, 0.15) is 17.4 Å². The van der Waals surface area contributed by atoms with Crippen LogP contribution in [-0.2, 0) is 13.2 Å². The summed E-state index contributed by atoms with van der Waals surface area (Å²) in [6, 6.07) is 12.5. The molecule has 2 aromatic carbocycles. The van der Waals surface area contributed by atoms with Crippen LogP contribution in [0.3, 0.4) is 0 Å². The van der Waals surface area contributed by atoms with E-state index in [1.807, 2.05) is 29.5 Å². The second-order valence-corrected chi connectivity index (χ2v) is 6.44. The second-order valence-electron chi connectivity index (χ2n) is 5.66. The Bertz CT molecular complexity index is 1180. The molecule has 0 aliphatic carbocycles. The number of fused-ring (bicyclic) bond motifs is 3. The lowest BCUT2D eigenvalue weighted by molar-refractivity contribution is 0.295. The number of benzene rings is 2. The summed E-state index contributed by atoms with van der Waals surface area (Å²) in [5, 5.41) is 9.77. The molecular formula is C18H14Cl2N4O2. The minimum atomic E-state index is -0.0895. The second kappa shape index (κ2) is 6.63. The topological polar surface area (TPSA) is 61.4 Å². The smallest absolute Gasteiger partial charge is 0.262 e. The van der Waals surface area contributed by atoms with Gasteiger partial charge in [-0.25, -0.2) is 0 Å². The first-order valence-electron chi connectivity index (χ1n) is 8.04. The third kappa shape index (κ3) is 2.62. The van der Waals surface area contributed by atoms with E-state index in [4.69, 9.17) is 27.9 Å². The number of hydrogen-bond donors (Lipinski definition) is 0. The van der Waals surface area contributed by atoms with Crippen LogP contribution < -0.4 is 10.3 Å². The van der Waals surface area contributed by atoms with Gasteiger partial charge in [-0.15, -0.1) is 10.2 Å². The van der Waals surface area contributed by atoms with Crippen LogP contribution in [-0.4, -0.2) is 19.2 Å². The minimum absolute atomic E-state index is 0.0895. The fourth-order valence-electron chi connectivity index (χ4n) is 2.93. The van der Waals surface area contributed by atoms with Crippen LogP contribution >= 0.6 is 23.2 Å². The van der Waals surface area contributed by atoms with Crippen molar-refractivity contribution in [1.29, 1.82) is 0 Å². The highest BCUT2D eigenvalue weighted by Gasteiger charge is 2.16. The number of aromatic nitrogens is 4. The number of hydrogen-bond acceptors (Lipinski definition) is 4. The van der Waals surface area contributed by atoms with Crippen LogP contribution in [0, 0.1) is 0 Å². The average Bonchev–Trinajstić information content (AvgIpc) is 3.07. The molecule has 0 radical (unpaired) electrons. The number of halogens is 2. The number of rotatable bonds is 4. The van der Waals surface area contributed by atoms with Crippen molar-refractivity contribution < 1.29 is 4.74 Å². The van der Waals surface area contributed by atoms with E-state index in [0.29, 0.717) is 39.3 Å². The van der Waals surface area contributed by atoms with Gasteiger partial charge in [0.2, 0.25) is 5.78 Å². The van der Waals surface area contributed by atoms with Gasteiger partial charge in [0, 0.05) is 6.54 Å². The first kappa shape index (κ1) is 16.9. The van der Waals surface area contributed by atoms with Crippen LogP contribution in [0.5, 0.6) is 5.75 Å². The molecule has 0 aliphatic rings. The third-order valence-corrected chi connectivity index (χ3v) is 4.97. The van der Waals surface area contributed by atoms with E-state index in [1.165, 1.54) is 0 Å². The standard InChI is InChI=1S/C18H14Cl2N4O2/c1-2-23-17(25)11-6-3-4-8-13(11)24-15(21-22-18(23)24)10-26-14-9-5-7-12(19)16(14)20/h3-9H,2,10H2,1H3. The van der Waals surface area contributed by atoms with Crippen LogP contribution in [0.2, 0.25) is 10.0 Å². The van der Waals surface area contributed by atoms with E-state index >= 15 is 0 Å². The van der Waals surface area contributed by atoms with Gasteiger partial charge in [-0.2, -0.15) is 0 Å². The van der Waals surface area contributed by atoms with E-state index in [1.54, 1.807) is 28.8 Å². The zero-order valence-electron chi connectivity index (χ0n) is 13.8. The van der Waals surface area contributed by atoms with Crippen LogP contribution in [0.4, 0.5) is 0 Å². The minimum Gasteiger partial charge on any atom is -0.484 e. The van der Waals surface area contributed by atoms with Crippen LogP contribution in [0.1, 0.15) is 12.7 Å². The molecule has 0 atom stereocenters. The van der Waals surface area contributed by atoms with E-state index < -0.39 is 0 Å². The molecule has 132 valence electrons. The van der Waals surface area contributed by atoms with Crippen molar-refractivity contribution in [3.05, 3.63) is 68.7 Å². The zero-order valence-corrected chi connectivity index (χ0v) is 15.3. The summed E-state index contributed by atoms with van der Waals surface area (Å²) in [5.41, 5.74) is 0.645.